The Labute approximate surface area is 195 Å². The van der Waals surface area contributed by atoms with E-state index in [0.717, 1.165) is 12.3 Å². The lowest BCUT2D eigenvalue weighted by Gasteiger charge is -2.47. The van der Waals surface area contributed by atoms with Crippen LogP contribution in [0.25, 0.3) is 0 Å². The van der Waals surface area contributed by atoms with E-state index < -0.39 is 92.6 Å². The Balaban J connectivity index is 2.41. The molecule has 0 saturated carbocycles. The minimum absolute atomic E-state index is 0.599. The number of hydrogen-bond acceptors (Lipinski definition) is 16. The molecule has 0 radical (unpaired) electrons. The van der Waals surface area contributed by atoms with Gasteiger partial charge in [-0.25, -0.2) is 30.0 Å². The molecule has 8 atom stereocenters. The zero-order valence-electron chi connectivity index (χ0n) is 17.4. The number of nitrogens with one attached hydrogen (secondary N) is 1. The number of hydrogen-bond donors (Lipinski definition) is 3. The highest BCUT2D eigenvalue weighted by Crippen LogP contribution is 2.31. The summed E-state index contributed by atoms with van der Waals surface area (Å²) in [6.45, 7) is 1.94. The summed E-state index contributed by atoms with van der Waals surface area (Å²) >= 11 is 0. The standard InChI is InChI=1S/C14H25NO16S3/c1-6(2)11-9(15-32(18,19)20)10(17)13(8(29-11)5-28-33(21,22)23)30-14-12(31-34(24,25)26)7(16)3-4-27-14/h3-4,6-17H,5H2,1-2H3,(H,18,19,20)(H,21,22,23)(H,24,25,26)/p-3/t7-,8?,9?,10+,11-,12?,13+,14-/m0/s1. The Kier molecular flexibility index (Phi) is 9.40. The van der Waals surface area contributed by atoms with E-state index in [0.29, 0.717) is 0 Å². The maximum Gasteiger partial charge on any atom is 0.230 e. The SMILES string of the molecule is CC(C)[C@@H]1OC(COS(=O)(=O)[O-])[C@@H](O[C@@H]2OC=C[C@H](O)C2OS(=O)(=O)[O-])[C@H](O)C1NS(=O)(=O)[O-]. The van der Waals surface area contributed by atoms with Crippen molar-refractivity contribution in [3.05, 3.63) is 12.3 Å². The van der Waals surface area contributed by atoms with Crippen LogP contribution in [0.3, 0.4) is 0 Å². The summed E-state index contributed by atoms with van der Waals surface area (Å²) in [5.74, 6) is -0.599. The molecule has 1 saturated heterocycles. The second-order valence-corrected chi connectivity index (χ2v) is 10.8. The first kappa shape index (κ1) is 29.2. The number of rotatable bonds is 10. The summed E-state index contributed by atoms with van der Waals surface area (Å²) in [6, 6.07) is -1.68. The van der Waals surface area contributed by atoms with Gasteiger partial charge in [-0.05, 0) is 12.0 Å². The van der Waals surface area contributed by atoms with Gasteiger partial charge in [-0.3, -0.25) is 8.37 Å². The lowest BCUT2D eigenvalue weighted by Crippen LogP contribution is -2.67. The highest BCUT2D eigenvalue weighted by Gasteiger charge is 2.50. The Bertz CT molecular complexity index is 1040. The minimum Gasteiger partial charge on any atom is -0.735 e. The van der Waals surface area contributed by atoms with Crippen molar-refractivity contribution >= 4 is 31.1 Å². The second-order valence-electron chi connectivity index (χ2n) is 7.56. The summed E-state index contributed by atoms with van der Waals surface area (Å²) in [7, 11) is -15.9. The molecule has 0 aromatic rings. The zero-order valence-corrected chi connectivity index (χ0v) is 19.8. The molecular formula is C14H22NO16S3-3. The molecule has 0 bridgehead atoms. The van der Waals surface area contributed by atoms with Crippen LogP contribution in [0.5, 0.6) is 0 Å². The summed E-state index contributed by atoms with van der Waals surface area (Å²) in [6.07, 6.45) is -10.9. The first-order valence-corrected chi connectivity index (χ1v) is 13.4. The van der Waals surface area contributed by atoms with Gasteiger partial charge in [-0.15, -0.1) is 0 Å². The van der Waals surface area contributed by atoms with Gasteiger partial charge in [0, 0.05) is 0 Å². The highest BCUT2D eigenvalue weighted by atomic mass is 32.3. The van der Waals surface area contributed by atoms with Crippen molar-refractivity contribution in [2.75, 3.05) is 6.61 Å². The molecule has 2 aliphatic rings. The maximum atomic E-state index is 11.3. The van der Waals surface area contributed by atoms with Crippen LogP contribution in [-0.2, 0) is 53.7 Å². The van der Waals surface area contributed by atoms with Gasteiger partial charge in [0.15, 0.2) is 16.4 Å². The Hall–Kier alpha value is -1.01. The lowest BCUT2D eigenvalue weighted by atomic mass is 9.88. The molecule has 2 rings (SSSR count). The molecule has 2 heterocycles. The monoisotopic (exact) mass is 556 g/mol. The van der Waals surface area contributed by atoms with Crippen molar-refractivity contribution < 1.29 is 71.7 Å². The van der Waals surface area contributed by atoms with E-state index in [1.54, 1.807) is 4.72 Å². The van der Waals surface area contributed by atoms with Gasteiger partial charge in [-0.1, -0.05) is 13.8 Å². The summed E-state index contributed by atoms with van der Waals surface area (Å²) in [5, 5.41) is 20.8. The topological polar surface area (TPSA) is 270 Å². The van der Waals surface area contributed by atoms with Gasteiger partial charge in [0.2, 0.25) is 27.1 Å². The molecular weight excluding hydrogens is 534 g/mol. The normalized spacial score (nSPS) is 35.3. The minimum atomic E-state index is -5.42. The molecule has 2 aliphatic heterocycles. The molecule has 200 valence electrons. The maximum absolute atomic E-state index is 11.3. The van der Waals surface area contributed by atoms with E-state index in [2.05, 4.69) is 8.37 Å². The molecule has 34 heavy (non-hydrogen) atoms. The molecule has 3 N–H and O–H groups in total. The van der Waals surface area contributed by atoms with Crippen molar-refractivity contribution in [2.24, 2.45) is 5.92 Å². The summed E-state index contributed by atoms with van der Waals surface area (Å²) in [5.41, 5.74) is 0. The van der Waals surface area contributed by atoms with E-state index in [1.165, 1.54) is 13.8 Å². The first-order chi connectivity index (χ1) is 15.4. The van der Waals surface area contributed by atoms with Crippen LogP contribution in [0.4, 0.5) is 0 Å². The van der Waals surface area contributed by atoms with Crippen LogP contribution in [-0.4, -0.2) is 105 Å². The van der Waals surface area contributed by atoms with Crippen molar-refractivity contribution in [1.82, 2.24) is 4.72 Å². The van der Waals surface area contributed by atoms with Crippen LogP contribution in [0.15, 0.2) is 12.3 Å². The molecule has 0 aromatic carbocycles. The van der Waals surface area contributed by atoms with Gasteiger partial charge in [-0.2, -0.15) is 0 Å². The Morgan fingerprint density at radius 1 is 1.03 bits per heavy atom. The van der Waals surface area contributed by atoms with E-state index >= 15 is 0 Å². The van der Waals surface area contributed by atoms with E-state index in [1.807, 2.05) is 0 Å². The fourth-order valence-corrected chi connectivity index (χ4v) is 4.75. The molecule has 1 fully saturated rings. The molecule has 3 unspecified atom stereocenters. The van der Waals surface area contributed by atoms with Crippen molar-refractivity contribution in [2.45, 2.75) is 62.8 Å². The van der Waals surface area contributed by atoms with Gasteiger partial charge in [0.05, 0.1) is 25.0 Å². The van der Waals surface area contributed by atoms with Gasteiger partial charge in [0.25, 0.3) is 0 Å². The molecule has 0 amide bonds. The van der Waals surface area contributed by atoms with Gasteiger partial charge < -0.3 is 38.1 Å². The third-order valence-corrected chi connectivity index (χ3v) is 6.13. The average molecular weight is 557 g/mol. The van der Waals surface area contributed by atoms with Crippen molar-refractivity contribution in [1.29, 1.82) is 0 Å². The predicted molar refractivity (Wildman–Crippen MR) is 101 cm³/mol. The number of ether oxygens (including phenoxy) is 3. The average Bonchev–Trinajstić information content (AvgIpc) is 2.64. The Morgan fingerprint density at radius 2 is 1.65 bits per heavy atom. The van der Waals surface area contributed by atoms with Crippen LogP contribution in [0, 0.1) is 5.92 Å². The quantitative estimate of drug-likeness (QED) is 0.171. The number of aliphatic hydroxyl groups excluding tert-OH is 2. The van der Waals surface area contributed by atoms with E-state index in [9.17, 15) is 49.1 Å². The second kappa shape index (κ2) is 10.9. The van der Waals surface area contributed by atoms with Crippen molar-refractivity contribution in [3.8, 4) is 0 Å². The zero-order chi connectivity index (χ0) is 26.1. The summed E-state index contributed by atoms with van der Waals surface area (Å²) < 4.78 is 126. The van der Waals surface area contributed by atoms with Gasteiger partial charge >= 0.3 is 0 Å². The molecule has 17 nitrogen and oxygen atoms in total. The molecule has 20 heteroatoms. The van der Waals surface area contributed by atoms with Crippen LogP contribution in [0.2, 0.25) is 0 Å². The fourth-order valence-electron chi connectivity index (χ4n) is 3.36. The molecule has 0 spiro atoms. The fraction of sp³-hybridized carbons (Fsp3) is 0.857. The largest absolute Gasteiger partial charge is 0.735 e. The van der Waals surface area contributed by atoms with Crippen LogP contribution < -0.4 is 4.72 Å². The third kappa shape index (κ3) is 8.58. The van der Waals surface area contributed by atoms with E-state index in [-0.39, 0.29) is 0 Å². The van der Waals surface area contributed by atoms with Crippen molar-refractivity contribution in [3.63, 3.8) is 0 Å². The Morgan fingerprint density at radius 3 is 2.15 bits per heavy atom. The number of aliphatic hydroxyl groups is 2. The first-order valence-electron chi connectivity index (χ1n) is 9.34. The smallest absolute Gasteiger partial charge is 0.230 e. The van der Waals surface area contributed by atoms with Gasteiger partial charge in [0.1, 0.15) is 24.4 Å². The van der Waals surface area contributed by atoms with Crippen LogP contribution >= 0.6 is 0 Å². The highest BCUT2D eigenvalue weighted by molar-refractivity contribution is 7.83. The van der Waals surface area contributed by atoms with Crippen LogP contribution in [0.1, 0.15) is 13.8 Å². The lowest BCUT2D eigenvalue weighted by molar-refractivity contribution is -0.279. The summed E-state index contributed by atoms with van der Waals surface area (Å²) in [4.78, 5) is 0. The third-order valence-electron chi connectivity index (χ3n) is 4.68. The van der Waals surface area contributed by atoms with E-state index in [4.69, 9.17) is 14.2 Å². The predicted octanol–water partition coefficient (Wildman–Crippen LogP) is -3.87. The molecule has 0 aliphatic carbocycles. The molecule has 0 aromatic heterocycles.